The van der Waals surface area contributed by atoms with Gasteiger partial charge in [-0.05, 0) is 30.7 Å². The average Bonchev–Trinajstić information content (AvgIpc) is 2.39. The van der Waals surface area contributed by atoms with Gasteiger partial charge in [0.2, 0.25) is 5.91 Å². The lowest BCUT2D eigenvalue weighted by atomic mass is 10.1. The number of rotatable bonds is 8. The minimum atomic E-state index is 0.0541. The molecule has 0 aromatic heterocycles. The molecule has 1 aromatic carbocycles. The predicted octanol–water partition coefficient (Wildman–Crippen LogP) is 1.35. The summed E-state index contributed by atoms with van der Waals surface area (Å²) >= 11 is 0. The van der Waals surface area contributed by atoms with E-state index < -0.39 is 0 Å². The van der Waals surface area contributed by atoms with E-state index in [-0.39, 0.29) is 5.91 Å². The second kappa shape index (κ2) is 8.53. The van der Waals surface area contributed by atoms with Gasteiger partial charge in [-0.25, -0.2) is 0 Å². The summed E-state index contributed by atoms with van der Waals surface area (Å²) in [6.45, 7) is 4.61. The molecule has 0 atom stereocenters. The lowest BCUT2D eigenvalue weighted by Gasteiger charge is -2.06. The van der Waals surface area contributed by atoms with E-state index in [9.17, 15) is 4.79 Å². The Kier molecular flexibility index (Phi) is 6.87. The summed E-state index contributed by atoms with van der Waals surface area (Å²) in [4.78, 5) is 11.6. The van der Waals surface area contributed by atoms with Crippen LogP contribution in [0.15, 0.2) is 24.3 Å². The molecule has 18 heavy (non-hydrogen) atoms. The third-order valence-electron chi connectivity index (χ3n) is 2.57. The standard InChI is InChI=1S/C14H22N2O2/c1-3-8-15-9-10-16-14(17)11-12-4-6-13(18-2)7-5-12/h4-7,15H,3,8-11H2,1-2H3,(H,16,17). The Labute approximate surface area is 109 Å². The maximum absolute atomic E-state index is 11.6. The predicted molar refractivity (Wildman–Crippen MR) is 72.9 cm³/mol. The largest absolute Gasteiger partial charge is 0.497 e. The first-order chi connectivity index (χ1) is 8.76. The van der Waals surface area contributed by atoms with E-state index in [0.29, 0.717) is 13.0 Å². The molecule has 0 spiro atoms. The number of carbonyl (C=O) groups is 1. The molecule has 4 heteroatoms. The smallest absolute Gasteiger partial charge is 0.224 e. The van der Waals surface area contributed by atoms with Crippen molar-refractivity contribution in [3.8, 4) is 5.75 Å². The highest BCUT2D eigenvalue weighted by Gasteiger charge is 2.02. The number of amides is 1. The first-order valence-electron chi connectivity index (χ1n) is 6.36. The molecule has 0 radical (unpaired) electrons. The van der Waals surface area contributed by atoms with Crippen LogP contribution in [0.5, 0.6) is 5.75 Å². The molecule has 1 aromatic rings. The van der Waals surface area contributed by atoms with E-state index in [2.05, 4.69) is 17.6 Å². The zero-order valence-electron chi connectivity index (χ0n) is 11.2. The van der Waals surface area contributed by atoms with Crippen molar-refractivity contribution in [3.05, 3.63) is 29.8 Å². The first kappa shape index (κ1) is 14.5. The number of hydrogen-bond donors (Lipinski definition) is 2. The number of ether oxygens (including phenoxy) is 1. The van der Waals surface area contributed by atoms with Gasteiger partial charge in [0.05, 0.1) is 13.5 Å². The summed E-state index contributed by atoms with van der Waals surface area (Å²) in [5.74, 6) is 0.862. The average molecular weight is 250 g/mol. The quantitative estimate of drug-likeness (QED) is 0.685. The lowest BCUT2D eigenvalue weighted by Crippen LogP contribution is -2.32. The fourth-order valence-electron chi connectivity index (χ4n) is 1.58. The van der Waals surface area contributed by atoms with Gasteiger partial charge in [-0.1, -0.05) is 19.1 Å². The highest BCUT2D eigenvalue weighted by atomic mass is 16.5. The highest BCUT2D eigenvalue weighted by Crippen LogP contribution is 2.11. The van der Waals surface area contributed by atoms with Gasteiger partial charge in [-0.2, -0.15) is 0 Å². The molecule has 2 N–H and O–H groups in total. The van der Waals surface area contributed by atoms with Crippen LogP contribution < -0.4 is 15.4 Å². The summed E-state index contributed by atoms with van der Waals surface area (Å²) in [6, 6.07) is 7.55. The summed E-state index contributed by atoms with van der Waals surface area (Å²) in [5.41, 5.74) is 0.995. The SMILES string of the molecule is CCCNCCNC(=O)Cc1ccc(OC)cc1. The summed E-state index contributed by atoms with van der Waals surface area (Å²) in [6.07, 6.45) is 1.53. The molecule has 0 heterocycles. The van der Waals surface area contributed by atoms with E-state index in [4.69, 9.17) is 4.74 Å². The number of carbonyl (C=O) groups excluding carboxylic acids is 1. The zero-order valence-corrected chi connectivity index (χ0v) is 11.2. The second-order valence-electron chi connectivity index (χ2n) is 4.12. The van der Waals surface area contributed by atoms with Crippen molar-refractivity contribution >= 4 is 5.91 Å². The minimum Gasteiger partial charge on any atom is -0.497 e. The fourth-order valence-corrected chi connectivity index (χ4v) is 1.58. The molecule has 0 saturated carbocycles. The van der Waals surface area contributed by atoms with Crippen LogP contribution in [0.25, 0.3) is 0 Å². The third kappa shape index (κ3) is 5.68. The highest BCUT2D eigenvalue weighted by molar-refractivity contribution is 5.78. The van der Waals surface area contributed by atoms with E-state index in [0.717, 1.165) is 30.8 Å². The van der Waals surface area contributed by atoms with Crippen molar-refractivity contribution in [2.45, 2.75) is 19.8 Å². The van der Waals surface area contributed by atoms with Crippen LogP contribution in [0.1, 0.15) is 18.9 Å². The van der Waals surface area contributed by atoms with Crippen molar-refractivity contribution in [2.24, 2.45) is 0 Å². The monoisotopic (exact) mass is 250 g/mol. The van der Waals surface area contributed by atoms with Crippen molar-refractivity contribution in [2.75, 3.05) is 26.7 Å². The van der Waals surface area contributed by atoms with E-state index in [1.165, 1.54) is 0 Å². The first-order valence-corrected chi connectivity index (χ1v) is 6.36. The minimum absolute atomic E-state index is 0.0541. The molecule has 0 aliphatic heterocycles. The Morgan fingerprint density at radius 1 is 1.17 bits per heavy atom. The Morgan fingerprint density at radius 2 is 1.89 bits per heavy atom. The van der Waals surface area contributed by atoms with E-state index in [1.54, 1.807) is 7.11 Å². The Hall–Kier alpha value is -1.55. The Morgan fingerprint density at radius 3 is 2.50 bits per heavy atom. The zero-order chi connectivity index (χ0) is 13.2. The van der Waals surface area contributed by atoms with Crippen LogP contribution in [0.2, 0.25) is 0 Å². The van der Waals surface area contributed by atoms with Crippen LogP contribution in [0.4, 0.5) is 0 Å². The van der Waals surface area contributed by atoms with Crippen molar-refractivity contribution in [1.29, 1.82) is 0 Å². The van der Waals surface area contributed by atoms with Crippen molar-refractivity contribution in [1.82, 2.24) is 10.6 Å². The van der Waals surface area contributed by atoms with Gasteiger partial charge in [-0.3, -0.25) is 4.79 Å². The molecule has 0 saturated heterocycles. The molecular formula is C14H22N2O2. The second-order valence-corrected chi connectivity index (χ2v) is 4.12. The molecule has 0 aliphatic carbocycles. The number of nitrogens with one attached hydrogen (secondary N) is 2. The van der Waals surface area contributed by atoms with Crippen LogP contribution >= 0.6 is 0 Å². The van der Waals surface area contributed by atoms with E-state index in [1.807, 2.05) is 24.3 Å². The molecule has 100 valence electrons. The summed E-state index contributed by atoms with van der Waals surface area (Å²) < 4.78 is 5.07. The fraction of sp³-hybridized carbons (Fsp3) is 0.500. The number of hydrogen-bond acceptors (Lipinski definition) is 3. The van der Waals surface area contributed by atoms with Gasteiger partial charge in [0.25, 0.3) is 0 Å². The van der Waals surface area contributed by atoms with Gasteiger partial charge in [0.1, 0.15) is 5.75 Å². The van der Waals surface area contributed by atoms with Gasteiger partial charge in [0.15, 0.2) is 0 Å². The van der Waals surface area contributed by atoms with Gasteiger partial charge < -0.3 is 15.4 Å². The molecular weight excluding hydrogens is 228 g/mol. The van der Waals surface area contributed by atoms with Gasteiger partial charge >= 0.3 is 0 Å². The maximum Gasteiger partial charge on any atom is 0.224 e. The summed E-state index contributed by atoms with van der Waals surface area (Å²) in [7, 11) is 1.63. The molecule has 0 unspecified atom stereocenters. The van der Waals surface area contributed by atoms with Crippen LogP contribution in [-0.4, -0.2) is 32.7 Å². The Balaban J connectivity index is 2.22. The molecule has 1 rings (SSSR count). The molecule has 0 bridgehead atoms. The Bertz CT molecular complexity index is 349. The number of benzene rings is 1. The van der Waals surface area contributed by atoms with Gasteiger partial charge in [0, 0.05) is 13.1 Å². The van der Waals surface area contributed by atoms with Crippen LogP contribution in [0.3, 0.4) is 0 Å². The van der Waals surface area contributed by atoms with Crippen LogP contribution in [-0.2, 0) is 11.2 Å². The number of methoxy groups -OCH3 is 1. The molecule has 0 aliphatic rings. The summed E-state index contributed by atoms with van der Waals surface area (Å²) in [5, 5.41) is 6.12. The molecule has 0 fully saturated rings. The van der Waals surface area contributed by atoms with Crippen LogP contribution in [0, 0.1) is 0 Å². The van der Waals surface area contributed by atoms with Crippen molar-refractivity contribution < 1.29 is 9.53 Å². The normalized spacial score (nSPS) is 10.1. The molecule has 4 nitrogen and oxygen atoms in total. The third-order valence-corrected chi connectivity index (χ3v) is 2.57. The topological polar surface area (TPSA) is 50.4 Å². The van der Waals surface area contributed by atoms with E-state index >= 15 is 0 Å². The van der Waals surface area contributed by atoms with Gasteiger partial charge in [-0.15, -0.1) is 0 Å². The lowest BCUT2D eigenvalue weighted by molar-refractivity contribution is -0.120. The van der Waals surface area contributed by atoms with Crippen molar-refractivity contribution in [3.63, 3.8) is 0 Å². The molecule has 1 amide bonds. The maximum atomic E-state index is 11.6.